The molecule has 1 aliphatic heterocycles. The molecule has 94 valence electrons. The molecule has 0 aromatic heterocycles. The van der Waals surface area contributed by atoms with Gasteiger partial charge in [-0.05, 0) is 6.42 Å². The molecule has 1 rings (SSSR count). The van der Waals surface area contributed by atoms with E-state index in [9.17, 15) is 17.6 Å². The molecule has 0 unspecified atom stereocenters. The topological polar surface area (TPSA) is 83.9 Å². The van der Waals surface area contributed by atoms with Crippen molar-refractivity contribution in [3.63, 3.8) is 0 Å². The third kappa shape index (κ3) is 3.93. The van der Waals surface area contributed by atoms with E-state index in [0.29, 0.717) is 0 Å². The van der Waals surface area contributed by atoms with Crippen LogP contribution in [0.4, 0.5) is 9.18 Å². The van der Waals surface area contributed by atoms with Crippen LogP contribution < -0.4 is 0 Å². The second kappa shape index (κ2) is 4.96. The maximum atomic E-state index is 13.5. The number of hydrogen-bond donors (Lipinski definition) is 1. The van der Waals surface area contributed by atoms with E-state index in [4.69, 9.17) is 5.11 Å². The predicted molar refractivity (Wildman–Crippen MR) is 53.4 cm³/mol. The SMILES string of the molecule is CS(=O)(=O)OC[C@H]1CCN(C(=O)O)C[C@@H]1F. The third-order valence-electron chi connectivity index (χ3n) is 2.44. The molecule has 1 heterocycles. The van der Waals surface area contributed by atoms with E-state index in [1.165, 1.54) is 0 Å². The van der Waals surface area contributed by atoms with E-state index in [1.54, 1.807) is 0 Å². The van der Waals surface area contributed by atoms with E-state index in [-0.39, 0.29) is 26.1 Å². The van der Waals surface area contributed by atoms with Gasteiger partial charge >= 0.3 is 6.09 Å². The number of hydrogen-bond acceptors (Lipinski definition) is 4. The molecular formula is C8H14FNO5S. The monoisotopic (exact) mass is 255 g/mol. The van der Waals surface area contributed by atoms with E-state index in [1.807, 2.05) is 0 Å². The van der Waals surface area contributed by atoms with Crippen LogP contribution in [-0.2, 0) is 14.3 Å². The minimum Gasteiger partial charge on any atom is -0.465 e. The fourth-order valence-electron chi connectivity index (χ4n) is 1.53. The summed E-state index contributed by atoms with van der Waals surface area (Å²) < 4.78 is 39.4. The highest BCUT2D eigenvalue weighted by molar-refractivity contribution is 7.85. The highest BCUT2D eigenvalue weighted by Crippen LogP contribution is 2.21. The lowest BCUT2D eigenvalue weighted by Crippen LogP contribution is -2.45. The molecule has 6 nitrogen and oxygen atoms in total. The van der Waals surface area contributed by atoms with Crippen LogP contribution >= 0.6 is 0 Å². The fraction of sp³-hybridized carbons (Fsp3) is 0.875. The average molecular weight is 255 g/mol. The number of carboxylic acid groups (broad SMARTS) is 1. The van der Waals surface area contributed by atoms with Crippen molar-refractivity contribution in [2.45, 2.75) is 12.6 Å². The number of piperidine rings is 1. The van der Waals surface area contributed by atoms with Crippen LogP contribution in [0.2, 0.25) is 0 Å². The first-order chi connectivity index (χ1) is 7.29. The van der Waals surface area contributed by atoms with Crippen molar-refractivity contribution in [1.82, 2.24) is 4.90 Å². The second-order valence-electron chi connectivity index (χ2n) is 3.78. The normalized spacial score (nSPS) is 26.8. The Bertz CT molecular complexity index is 357. The Morgan fingerprint density at radius 2 is 2.25 bits per heavy atom. The Morgan fingerprint density at radius 1 is 1.62 bits per heavy atom. The number of rotatable bonds is 3. The van der Waals surface area contributed by atoms with Gasteiger partial charge in [-0.1, -0.05) is 0 Å². The summed E-state index contributed by atoms with van der Waals surface area (Å²) in [6.07, 6.45) is -1.38. The van der Waals surface area contributed by atoms with Crippen LogP contribution in [-0.4, -0.2) is 56.6 Å². The van der Waals surface area contributed by atoms with E-state index >= 15 is 0 Å². The largest absolute Gasteiger partial charge is 0.465 e. The Balaban J connectivity index is 2.45. The Morgan fingerprint density at radius 3 is 2.69 bits per heavy atom. The molecule has 1 saturated heterocycles. The van der Waals surface area contributed by atoms with Gasteiger partial charge in [0.1, 0.15) is 6.17 Å². The zero-order chi connectivity index (χ0) is 12.3. The van der Waals surface area contributed by atoms with Crippen molar-refractivity contribution in [1.29, 1.82) is 0 Å². The van der Waals surface area contributed by atoms with Crippen molar-refractivity contribution in [2.75, 3.05) is 26.0 Å². The van der Waals surface area contributed by atoms with E-state index in [0.717, 1.165) is 11.2 Å². The van der Waals surface area contributed by atoms with Crippen molar-refractivity contribution in [3.8, 4) is 0 Å². The van der Waals surface area contributed by atoms with Crippen LogP contribution in [0, 0.1) is 5.92 Å². The van der Waals surface area contributed by atoms with Crippen LogP contribution in [0.15, 0.2) is 0 Å². The fourth-order valence-corrected chi connectivity index (χ4v) is 1.95. The van der Waals surface area contributed by atoms with Gasteiger partial charge in [0, 0.05) is 12.5 Å². The zero-order valence-corrected chi connectivity index (χ0v) is 9.61. The first-order valence-electron chi connectivity index (χ1n) is 4.76. The summed E-state index contributed by atoms with van der Waals surface area (Å²) in [4.78, 5) is 11.5. The predicted octanol–water partition coefficient (Wildman–Crippen LogP) is 0.301. The van der Waals surface area contributed by atoms with Gasteiger partial charge in [0.15, 0.2) is 0 Å². The van der Waals surface area contributed by atoms with E-state index < -0.39 is 28.3 Å². The van der Waals surface area contributed by atoms with Crippen molar-refractivity contribution in [2.24, 2.45) is 5.92 Å². The Kier molecular flexibility index (Phi) is 4.09. The summed E-state index contributed by atoms with van der Waals surface area (Å²) in [7, 11) is -3.57. The molecule has 0 aromatic carbocycles. The molecule has 0 radical (unpaired) electrons. The van der Waals surface area contributed by atoms with Crippen molar-refractivity contribution >= 4 is 16.2 Å². The van der Waals surface area contributed by atoms with Gasteiger partial charge in [0.2, 0.25) is 0 Å². The third-order valence-corrected chi connectivity index (χ3v) is 3.01. The molecule has 1 aliphatic rings. The Labute approximate surface area is 93.1 Å². The lowest BCUT2D eigenvalue weighted by Gasteiger charge is -2.32. The van der Waals surface area contributed by atoms with Crippen LogP contribution in [0.5, 0.6) is 0 Å². The quantitative estimate of drug-likeness (QED) is 0.733. The molecule has 0 saturated carbocycles. The summed E-state index contributed by atoms with van der Waals surface area (Å²) in [5.74, 6) is -0.565. The number of likely N-dealkylation sites (tertiary alicyclic amines) is 1. The highest BCUT2D eigenvalue weighted by atomic mass is 32.2. The van der Waals surface area contributed by atoms with Crippen LogP contribution in [0.25, 0.3) is 0 Å². The molecule has 1 N–H and O–H groups in total. The summed E-state index contributed by atoms with van der Waals surface area (Å²) in [6.45, 7) is -0.256. The molecule has 8 heteroatoms. The molecule has 0 spiro atoms. The van der Waals surface area contributed by atoms with Gasteiger partial charge in [-0.15, -0.1) is 0 Å². The van der Waals surface area contributed by atoms with Gasteiger partial charge in [-0.2, -0.15) is 8.42 Å². The number of amides is 1. The van der Waals surface area contributed by atoms with Gasteiger partial charge in [-0.3, -0.25) is 4.18 Å². The summed E-state index contributed by atoms with van der Waals surface area (Å²) in [5.41, 5.74) is 0. The van der Waals surface area contributed by atoms with Gasteiger partial charge in [-0.25, -0.2) is 9.18 Å². The zero-order valence-electron chi connectivity index (χ0n) is 8.80. The Hall–Kier alpha value is -0.890. The molecule has 0 bridgehead atoms. The number of alkyl halides is 1. The first kappa shape index (κ1) is 13.2. The minimum atomic E-state index is -3.57. The number of carbonyl (C=O) groups is 1. The second-order valence-corrected chi connectivity index (χ2v) is 5.43. The lowest BCUT2D eigenvalue weighted by molar-refractivity contribution is 0.0565. The molecule has 1 fully saturated rings. The summed E-state index contributed by atoms with van der Waals surface area (Å²) >= 11 is 0. The molecule has 2 atom stereocenters. The average Bonchev–Trinajstić information content (AvgIpc) is 2.14. The van der Waals surface area contributed by atoms with Gasteiger partial charge < -0.3 is 10.0 Å². The maximum absolute atomic E-state index is 13.5. The molecule has 0 aliphatic carbocycles. The van der Waals surface area contributed by atoms with Gasteiger partial charge in [0.25, 0.3) is 10.1 Å². The van der Waals surface area contributed by atoms with Gasteiger partial charge in [0.05, 0.1) is 19.4 Å². The minimum absolute atomic E-state index is 0.202. The van der Waals surface area contributed by atoms with Crippen LogP contribution in [0.3, 0.4) is 0 Å². The standard InChI is InChI=1S/C8H14FNO5S/c1-16(13,14)15-5-6-2-3-10(8(11)12)4-7(6)9/h6-7H,2-5H2,1H3,(H,11,12)/t6-,7+/m1/s1. The molecule has 16 heavy (non-hydrogen) atoms. The first-order valence-corrected chi connectivity index (χ1v) is 6.57. The van der Waals surface area contributed by atoms with E-state index in [2.05, 4.69) is 4.18 Å². The highest BCUT2D eigenvalue weighted by Gasteiger charge is 2.32. The summed E-state index contributed by atoms with van der Waals surface area (Å²) in [5, 5.41) is 8.63. The van der Waals surface area contributed by atoms with Crippen LogP contribution in [0.1, 0.15) is 6.42 Å². The molecule has 1 amide bonds. The van der Waals surface area contributed by atoms with Crippen molar-refractivity contribution in [3.05, 3.63) is 0 Å². The molecule has 0 aromatic rings. The smallest absolute Gasteiger partial charge is 0.407 e. The number of nitrogens with zero attached hydrogens (tertiary/aromatic N) is 1. The summed E-state index contributed by atoms with van der Waals surface area (Å²) in [6, 6.07) is 0. The lowest BCUT2D eigenvalue weighted by atomic mass is 9.96. The molecular weight excluding hydrogens is 241 g/mol. The maximum Gasteiger partial charge on any atom is 0.407 e. The number of halogens is 1. The van der Waals surface area contributed by atoms with Crippen molar-refractivity contribution < 1.29 is 26.9 Å².